The molecule has 4 rings (SSSR count). The first-order valence-electron chi connectivity index (χ1n) is 14.2. The van der Waals surface area contributed by atoms with Gasteiger partial charge in [-0.1, -0.05) is 40.0 Å². The van der Waals surface area contributed by atoms with Crippen molar-refractivity contribution in [2.24, 2.45) is 23.2 Å². The molecule has 0 bridgehead atoms. The number of hydrogen-bond donors (Lipinski definition) is 3. The zero-order valence-electron chi connectivity index (χ0n) is 24.1. The van der Waals surface area contributed by atoms with E-state index < -0.39 is 69.0 Å². The fourth-order valence-corrected chi connectivity index (χ4v) is 6.39. The number of amides is 4. The number of nitrogens with zero attached hydrogens (tertiary/aromatic N) is 1. The number of likely N-dealkylation sites (tertiary alicyclic amines) is 1. The summed E-state index contributed by atoms with van der Waals surface area (Å²) in [4.78, 5) is 67.5. The summed E-state index contributed by atoms with van der Waals surface area (Å²) < 4.78 is 4.19. The second-order valence-corrected chi connectivity index (χ2v) is 15.3. The number of hydrogen-bond acceptors (Lipinski definition) is 6. The highest BCUT2D eigenvalue weighted by molar-refractivity contribution is 6.51. The van der Waals surface area contributed by atoms with E-state index in [4.69, 9.17) is 27.9 Å². The highest BCUT2D eigenvalue weighted by atomic mass is 35.5. The molecule has 1 unspecified atom stereocenters. The maximum Gasteiger partial charge on any atom is 0.408 e. The first kappa shape index (κ1) is 30.9. The summed E-state index contributed by atoms with van der Waals surface area (Å²) in [6.07, 6.45) is 4.18. The second kappa shape index (κ2) is 11.0. The van der Waals surface area contributed by atoms with Gasteiger partial charge in [-0.3, -0.25) is 19.2 Å². The van der Waals surface area contributed by atoms with Crippen LogP contribution >= 0.6 is 23.2 Å². The van der Waals surface area contributed by atoms with E-state index in [0.29, 0.717) is 6.42 Å². The second-order valence-electron chi connectivity index (χ2n) is 13.9. The molecule has 3 saturated carbocycles. The Hall–Kier alpha value is -2.07. The zero-order chi connectivity index (χ0) is 29.8. The third-order valence-corrected chi connectivity index (χ3v) is 9.29. The Kier molecular flexibility index (Phi) is 8.47. The SMILES string of the molecule is CC(C)(C)OC(=O)N[C@H](C(=O)N1C[C@H]2[C@@H]([C@H]1C(=O)NC(CC1CCC1)C(=O)C(=O)NC1CC1)C2(Cl)Cl)C(C)(C)C. The highest BCUT2D eigenvalue weighted by Crippen LogP contribution is 2.65. The molecule has 10 nitrogen and oxygen atoms in total. The molecule has 0 aromatic heterocycles. The zero-order valence-corrected chi connectivity index (χ0v) is 25.7. The van der Waals surface area contributed by atoms with E-state index in [0.717, 1.165) is 32.1 Å². The van der Waals surface area contributed by atoms with Gasteiger partial charge in [0.2, 0.25) is 17.6 Å². The highest BCUT2D eigenvalue weighted by Gasteiger charge is 2.74. The number of Topliss-reactive ketones (excluding diaryl/α,β-unsaturated/α-hetero) is 1. The van der Waals surface area contributed by atoms with E-state index in [2.05, 4.69) is 16.0 Å². The van der Waals surface area contributed by atoms with E-state index in [9.17, 15) is 24.0 Å². The van der Waals surface area contributed by atoms with Gasteiger partial charge in [0.05, 0.1) is 6.04 Å². The Bertz CT molecular complexity index is 1060. The quantitative estimate of drug-likeness (QED) is 0.275. The number of carbonyl (C=O) groups excluding carboxylic acids is 5. The number of carbonyl (C=O) groups is 5. The molecule has 3 N–H and O–H groups in total. The monoisotopic (exact) mass is 600 g/mol. The molecule has 1 heterocycles. The molecule has 12 heteroatoms. The van der Waals surface area contributed by atoms with Crippen molar-refractivity contribution in [2.75, 3.05) is 6.54 Å². The predicted molar refractivity (Wildman–Crippen MR) is 150 cm³/mol. The molecule has 40 heavy (non-hydrogen) atoms. The van der Waals surface area contributed by atoms with Crippen LogP contribution in [0.15, 0.2) is 0 Å². The summed E-state index contributed by atoms with van der Waals surface area (Å²) in [5.41, 5.74) is -1.48. The van der Waals surface area contributed by atoms with Crippen LogP contribution in [0.3, 0.4) is 0 Å². The van der Waals surface area contributed by atoms with Crippen molar-refractivity contribution < 1.29 is 28.7 Å². The molecular formula is C28H42Cl2N4O6. The van der Waals surface area contributed by atoms with Crippen LogP contribution in [0.1, 0.15) is 80.1 Å². The smallest absolute Gasteiger partial charge is 0.408 e. The molecule has 0 radical (unpaired) electrons. The summed E-state index contributed by atoms with van der Waals surface area (Å²) >= 11 is 13.0. The van der Waals surface area contributed by atoms with Gasteiger partial charge in [0.15, 0.2) is 0 Å². The summed E-state index contributed by atoms with van der Waals surface area (Å²) in [7, 11) is 0. The summed E-state index contributed by atoms with van der Waals surface area (Å²) in [5.74, 6) is -3.07. The van der Waals surface area contributed by atoms with Gasteiger partial charge in [-0.2, -0.15) is 0 Å². The molecule has 4 fully saturated rings. The Morgan fingerprint density at radius 1 is 0.975 bits per heavy atom. The molecule has 0 aromatic rings. The molecule has 1 saturated heterocycles. The number of halogens is 2. The number of fused-ring (bicyclic) bond motifs is 1. The summed E-state index contributed by atoms with van der Waals surface area (Å²) in [5, 5.41) is 8.18. The molecule has 4 aliphatic rings. The van der Waals surface area contributed by atoms with Crippen molar-refractivity contribution in [1.29, 1.82) is 0 Å². The van der Waals surface area contributed by atoms with Gasteiger partial charge >= 0.3 is 6.09 Å². The van der Waals surface area contributed by atoms with E-state index >= 15 is 0 Å². The van der Waals surface area contributed by atoms with Crippen molar-refractivity contribution >= 4 is 52.8 Å². The lowest BCUT2D eigenvalue weighted by atomic mass is 9.80. The maximum atomic E-state index is 13.9. The van der Waals surface area contributed by atoms with Crippen LogP contribution < -0.4 is 16.0 Å². The minimum absolute atomic E-state index is 0.00610. The van der Waals surface area contributed by atoms with Crippen LogP contribution in [0.25, 0.3) is 0 Å². The largest absolute Gasteiger partial charge is 0.444 e. The summed E-state index contributed by atoms with van der Waals surface area (Å²) in [6, 6.07) is -3.07. The molecule has 0 spiro atoms. The Balaban J connectivity index is 1.53. The van der Waals surface area contributed by atoms with Gasteiger partial charge in [0, 0.05) is 24.4 Å². The number of alkyl halides is 2. The number of piperidine rings is 1. The molecule has 3 aliphatic carbocycles. The molecular weight excluding hydrogens is 559 g/mol. The van der Waals surface area contributed by atoms with E-state index in [-0.39, 0.29) is 24.4 Å². The van der Waals surface area contributed by atoms with Crippen molar-refractivity contribution in [3.05, 3.63) is 0 Å². The average molecular weight is 602 g/mol. The fraction of sp³-hybridized carbons (Fsp3) is 0.821. The predicted octanol–water partition coefficient (Wildman–Crippen LogP) is 3.08. The molecule has 0 aromatic carbocycles. The fourth-order valence-electron chi connectivity index (χ4n) is 5.57. The average Bonchev–Trinajstić information content (AvgIpc) is 3.63. The molecule has 5 atom stereocenters. The van der Waals surface area contributed by atoms with Gasteiger partial charge in [0.1, 0.15) is 22.0 Å². The summed E-state index contributed by atoms with van der Waals surface area (Å²) in [6.45, 7) is 10.7. The van der Waals surface area contributed by atoms with Crippen LogP contribution in [0.5, 0.6) is 0 Å². The van der Waals surface area contributed by atoms with E-state index in [1.165, 1.54) is 4.90 Å². The van der Waals surface area contributed by atoms with Crippen LogP contribution in [-0.2, 0) is 23.9 Å². The minimum Gasteiger partial charge on any atom is -0.444 e. The van der Waals surface area contributed by atoms with E-state index in [1.54, 1.807) is 41.5 Å². The first-order valence-corrected chi connectivity index (χ1v) is 15.0. The van der Waals surface area contributed by atoms with Gasteiger partial charge in [-0.15, -0.1) is 23.2 Å². The molecule has 4 amide bonds. The topological polar surface area (TPSA) is 134 Å². The third-order valence-electron chi connectivity index (χ3n) is 8.22. The van der Waals surface area contributed by atoms with Gasteiger partial charge in [0.25, 0.3) is 5.91 Å². The van der Waals surface area contributed by atoms with Crippen molar-refractivity contribution in [3.8, 4) is 0 Å². The standard InChI is InChI=1S/C28H42Cl2N4O6/c1-26(2,3)21(33-25(39)40-27(4,5)6)24(38)34-13-16-18(28(16,29)30)19(34)22(36)32-17(12-14-8-7-9-14)20(35)23(37)31-15-10-11-15/h14-19,21H,7-13H2,1-6H3,(H,31,37)(H,32,36)(H,33,39)/t16-,17?,18-,19-,21+/m0/s1. The van der Waals surface area contributed by atoms with Crippen LogP contribution in [0.4, 0.5) is 4.79 Å². The molecule has 1 aliphatic heterocycles. The normalized spacial score (nSPS) is 27.0. The van der Waals surface area contributed by atoms with Gasteiger partial charge in [-0.05, 0) is 51.4 Å². The van der Waals surface area contributed by atoms with Crippen LogP contribution in [0.2, 0.25) is 0 Å². The number of ether oxygens (including phenoxy) is 1. The number of alkyl carbamates (subject to hydrolysis) is 1. The lowest BCUT2D eigenvalue weighted by molar-refractivity contribution is -0.145. The number of ketones is 1. The van der Waals surface area contributed by atoms with Crippen molar-refractivity contribution in [2.45, 2.75) is 114 Å². The van der Waals surface area contributed by atoms with Crippen molar-refractivity contribution in [3.63, 3.8) is 0 Å². The van der Waals surface area contributed by atoms with Gasteiger partial charge < -0.3 is 25.6 Å². The number of rotatable bonds is 9. The number of nitrogens with one attached hydrogen (secondary N) is 3. The third kappa shape index (κ3) is 6.86. The Labute approximate surface area is 246 Å². The first-order chi connectivity index (χ1) is 18.4. The lowest BCUT2D eigenvalue weighted by Gasteiger charge is -2.38. The van der Waals surface area contributed by atoms with E-state index in [1.807, 2.05) is 0 Å². The Morgan fingerprint density at radius 3 is 2.10 bits per heavy atom. The van der Waals surface area contributed by atoms with Crippen molar-refractivity contribution in [1.82, 2.24) is 20.9 Å². The lowest BCUT2D eigenvalue weighted by Crippen LogP contribution is -2.61. The molecule has 224 valence electrons. The Morgan fingerprint density at radius 2 is 1.60 bits per heavy atom. The maximum absolute atomic E-state index is 13.9. The van der Waals surface area contributed by atoms with Crippen LogP contribution in [0, 0.1) is 23.2 Å². The van der Waals surface area contributed by atoms with Crippen LogP contribution in [-0.4, -0.2) is 75.1 Å². The minimum atomic E-state index is -1.19. The van der Waals surface area contributed by atoms with Gasteiger partial charge in [-0.25, -0.2) is 4.79 Å².